The highest BCUT2D eigenvalue weighted by Gasteiger charge is 2.42. The summed E-state index contributed by atoms with van der Waals surface area (Å²) in [4.78, 5) is 0. The third-order valence-electron chi connectivity index (χ3n) is 14.1. The average molecular weight is 807 g/mol. The Labute approximate surface area is 355 Å². The van der Waals surface area contributed by atoms with Crippen molar-refractivity contribution in [1.82, 2.24) is 9.13 Å². The topological polar surface area (TPSA) is 9.86 Å². The lowest BCUT2D eigenvalue weighted by Crippen LogP contribution is -2.74. The van der Waals surface area contributed by atoms with Gasteiger partial charge in [-0.3, -0.25) is 0 Å². The van der Waals surface area contributed by atoms with Gasteiger partial charge in [-0.05, 0) is 99.2 Å². The van der Waals surface area contributed by atoms with Crippen LogP contribution in [0.3, 0.4) is 0 Å². The van der Waals surface area contributed by atoms with Crippen molar-refractivity contribution in [3.8, 4) is 11.4 Å². The normalized spacial score (nSPS) is 15.2. The van der Waals surface area contributed by atoms with Crippen molar-refractivity contribution in [2.75, 3.05) is 0 Å². The molecular formula is C56H50N2Si2. The predicted molar refractivity (Wildman–Crippen MR) is 262 cm³/mol. The molecule has 292 valence electrons. The zero-order chi connectivity index (χ0) is 40.5. The molecule has 4 heteroatoms. The first-order chi connectivity index (χ1) is 29.3. The first-order valence-corrected chi connectivity index (χ1v) is 27.1. The van der Waals surface area contributed by atoms with Crippen molar-refractivity contribution in [2.45, 2.75) is 50.4 Å². The maximum Gasteiger partial charge on any atom is 0.179 e. The number of hydrogen-bond acceptors (Lipinski definition) is 0. The first kappa shape index (κ1) is 36.8. The molecule has 0 amide bonds. The lowest BCUT2D eigenvalue weighted by atomic mass is 9.77. The second-order valence-electron chi connectivity index (χ2n) is 18.3. The van der Waals surface area contributed by atoms with Crippen molar-refractivity contribution >= 4 is 80.5 Å². The summed E-state index contributed by atoms with van der Waals surface area (Å²) < 4.78 is 5.01. The minimum atomic E-state index is -2.74. The van der Waals surface area contributed by atoms with Gasteiger partial charge in [0.15, 0.2) is 8.07 Å². The highest BCUT2D eigenvalue weighted by molar-refractivity contribution is 7.19. The van der Waals surface area contributed by atoms with Gasteiger partial charge < -0.3 is 9.13 Å². The Hall–Kier alpha value is -6.21. The smallest absolute Gasteiger partial charge is 0.179 e. The zero-order valence-corrected chi connectivity index (χ0v) is 36.8. The number of fused-ring (bicyclic) bond motifs is 6. The second kappa shape index (κ2) is 14.2. The molecule has 10 aromatic rings. The van der Waals surface area contributed by atoms with Gasteiger partial charge in [0.1, 0.15) is 0 Å². The quantitative estimate of drug-likeness (QED) is 0.112. The zero-order valence-electron chi connectivity index (χ0n) is 34.8. The molecule has 0 bridgehead atoms. The SMILES string of the molecule is CC1(c2ccc3c(c2)c2cc(-n4c5ccccc5c5ccccc54)ccc2n3-c2cccc([Si](c3ccccc3)(c3ccccc3)c3ccccc3)c2)CC[Si](C)(C)CC1. The Morgan fingerprint density at radius 3 is 1.38 bits per heavy atom. The molecule has 60 heavy (non-hydrogen) atoms. The molecule has 0 unspecified atom stereocenters. The van der Waals surface area contributed by atoms with E-state index in [4.69, 9.17) is 0 Å². The van der Waals surface area contributed by atoms with E-state index in [0.717, 1.165) is 0 Å². The number of hydrogen-bond donors (Lipinski definition) is 0. The number of nitrogens with zero attached hydrogens (tertiary/aromatic N) is 2. The van der Waals surface area contributed by atoms with Gasteiger partial charge in [0, 0.05) is 41.0 Å². The van der Waals surface area contributed by atoms with Crippen molar-refractivity contribution < 1.29 is 0 Å². The number of para-hydroxylation sites is 2. The average Bonchev–Trinajstić information content (AvgIpc) is 3.81. The third kappa shape index (κ3) is 5.80. The summed E-state index contributed by atoms with van der Waals surface area (Å²) in [5.41, 5.74) is 9.02. The van der Waals surface area contributed by atoms with E-state index < -0.39 is 16.1 Å². The molecule has 0 atom stereocenters. The molecular weight excluding hydrogens is 757 g/mol. The van der Waals surface area contributed by atoms with Crippen LogP contribution in [0.1, 0.15) is 25.3 Å². The van der Waals surface area contributed by atoms with Gasteiger partial charge in [0.25, 0.3) is 0 Å². The maximum absolute atomic E-state index is 2.74. The summed E-state index contributed by atoms with van der Waals surface area (Å²) in [7, 11) is -3.87. The van der Waals surface area contributed by atoms with Crippen LogP contribution in [0.25, 0.3) is 55.0 Å². The van der Waals surface area contributed by atoms with Crippen LogP contribution in [0.5, 0.6) is 0 Å². The van der Waals surface area contributed by atoms with E-state index >= 15 is 0 Å². The second-order valence-corrected chi connectivity index (χ2v) is 27.4. The van der Waals surface area contributed by atoms with Crippen LogP contribution in [0, 0.1) is 0 Å². The molecule has 0 spiro atoms. The minimum absolute atomic E-state index is 0.182. The van der Waals surface area contributed by atoms with Gasteiger partial charge in [0.2, 0.25) is 0 Å². The summed E-state index contributed by atoms with van der Waals surface area (Å²) >= 11 is 0. The van der Waals surface area contributed by atoms with Crippen LogP contribution >= 0.6 is 0 Å². The van der Waals surface area contributed by atoms with Crippen molar-refractivity contribution in [1.29, 1.82) is 0 Å². The molecule has 8 aromatic carbocycles. The molecule has 1 fully saturated rings. The van der Waals surface area contributed by atoms with Gasteiger partial charge in [-0.15, -0.1) is 0 Å². The molecule has 2 aromatic heterocycles. The van der Waals surface area contributed by atoms with E-state index in [-0.39, 0.29) is 5.41 Å². The highest BCUT2D eigenvalue weighted by atomic mass is 28.3. The van der Waals surface area contributed by atoms with Crippen molar-refractivity contribution in [2.24, 2.45) is 0 Å². The van der Waals surface area contributed by atoms with E-state index in [1.807, 2.05) is 0 Å². The molecule has 11 rings (SSSR count). The number of benzene rings is 8. The van der Waals surface area contributed by atoms with E-state index in [9.17, 15) is 0 Å². The van der Waals surface area contributed by atoms with Crippen LogP contribution in [0.2, 0.25) is 25.2 Å². The standard InChI is InChI=1S/C56H50N2Si2/c1-56(34-36-59(2,3)37-35-56)41-30-32-54-50(38-41)51-40-43(58-52-28-15-13-26-48(52)49-27-14-16-29-53(49)58)31-33-55(51)57(54)42-18-17-25-47(39-42)60(44-19-7-4-8-20-44,45-21-9-5-10-22-45)46-23-11-6-12-24-46/h4-33,38-40H,34-37H2,1-3H3. The summed E-state index contributed by atoms with van der Waals surface area (Å²) in [6.07, 6.45) is 2.55. The summed E-state index contributed by atoms with van der Waals surface area (Å²) in [5.74, 6) is 0. The van der Waals surface area contributed by atoms with E-state index in [2.05, 4.69) is 229 Å². The fraction of sp³-hybridized carbons (Fsp3) is 0.143. The molecule has 0 saturated carbocycles. The van der Waals surface area contributed by atoms with Crippen LogP contribution in [0.15, 0.2) is 200 Å². The molecule has 1 aliphatic heterocycles. The molecule has 1 saturated heterocycles. The first-order valence-electron chi connectivity index (χ1n) is 21.7. The van der Waals surface area contributed by atoms with E-state index in [1.54, 1.807) is 0 Å². The Balaban J connectivity index is 1.18. The third-order valence-corrected chi connectivity index (χ3v) is 22.1. The van der Waals surface area contributed by atoms with Crippen LogP contribution in [-0.4, -0.2) is 25.3 Å². The van der Waals surface area contributed by atoms with Crippen LogP contribution in [0.4, 0.5) is 0 Å². The molecule has 3 heterocycles. The van der Waals surface area contributed by atoms with Gasteiger partial charge >= 0.3 is 0 Å². The van der Waals surface area contributed by atoms with E-state index in [1.165, 1.54) is 106 Å². The molecule has 0 radical (unpaired) electrons. The maximum atomic E-state index is 2.58. The monoisotopic (exact) mass is 806 g/mol. The largest absolute Gasteiger partial charge is 0.309 e. The molecule has 0 aliphatic carbocycles. The summed E-state index contributed by atoms with van der Waals surface area (Å²) in [6, 6.07) is 78.5. The van der Waals surface area contributed by atoms with Gasteiger partial charge in [0.05, 0.1) is 22.1 Å². The highest BCUT2D eigenvalue weighted by Crippen LogP contribution is 2.45. The summed E-state index contributed by atoms with van der Waals surface area (Å²) in [5, 5.41) is 10.7. The molecule has 2 nitrogen and oxygen atoms in total. The number of aromatic nitrogens is 2. The van der Waals surface area contributed by atoms with Crippen LogP contribution in [-0.2, 0) is 5.41 Å². The minimum Gasteiger partial charge on any atom is -0.309 e. The Bertz CT molecular complexity index is 3040. The number of rotatable bonds is 7. The van der Waals surface area contributed by atoms with Gasteiger partial charge in [-0.2, -0.15) is 0 Å². The lowest BCUT2D eigenvalue weighted by Gasteiger charge is -2.41. The van der Waals surface area contributed by atoms with Gasteiger partial charge in [-0.1, -0.05) is 178 Å². The van der Waals surface area contributed by atoms with Crippen LogP contribution < -0.4 is 20.7 Å². The molecule has 0 N–H and O–H groups in total. The van der Waals surface area contributed by atoms with Gasteiger partial charge in [-0.25, -0.2) is 0 Å². The fourth-order valence-corrected chi connectivity index (χ4v) is 18.2. The lowest BCUT2D eigenvalue weighted by molar-refractivity contribution is 0.416. The van der Waals surface area contributed by atoms with Crippen molar-refractivity contribution in [3.63, 3.8) is 0 Å². The Kier molecular flexibility index (Phi) is 8.73. The predicted octanol–water partition coefficient (Wildman–Crippen LogP) is 12.0. The fourth-order valence-electron chi connectivity index (χ4n) is 10.7. The molecule has 1 aliphatic rings. The Morgan fingerprint density at radius 2 is 0.833 bits per heavy atom. The summed E-state index contributed by atoms with van der Waals surface area (Å²) in [6.45, 7) is 7.70. The van der Waals surface area contributed by atoms with Crippen molar-refractivity contribution in [3.05, 3.63) is 206 Å². The Morgan fingerprint density at radius 1 is 0.400 bits per heavy atom. The van der Waals surface area contributed by atoms with E-state index in [0.29, 0.717) is 0 Å².